The van der Waals surface area contributed by atoms with E-state index in [-0.39, 0.29) is 18.0 Å². The minimum Gasteiger partial charge on any atom is -0.372 e. The molecule has 1 aliphatic rings. The molecule has 1 saturated heterocycles. The maximum atomic E-state index is 13.0. The number of nitrogens with zero attached hydrogens (tertiary/aromatic N) is 2. The number of rotatable bonds is 2. The molecule has 2 atom stereocenters. The van der Waals surface area contributed by atoms with Crippen LogP contribution in [0.15, 0.2) is 30.3 Å². The summed E-state index contributed by atoms with van der Waals surface area (Å²) in [5, 5.41) is 8.96. The van der Waals surface area contributed by atoms with Crippen LogP contribution in [-0.4, -0.2) is 30.2 Å². The molecule has 0 aliphatic carbocycles. The summed E-state index contributed by atoms with van der Waals surface area (Å²) in [5.41, 5.74) is 1.67. The van der Waals surface area contributed by atoms with Crippen molar-refractivity contribution in [3.05, 3.63) is 41.7 Å². The number of nitriles is 1. The zero-order chi connectivity index (χ0) is 13.8. The zero-order valence-corrected chi connectivity index (χ0v) is 11.1. The molecule has 1 aromatic carbocycles. The van der Waals surface area contributed by atoms with E-state index in [0.717, 1.165) is 24.4 Å². The van der Waals surface area contributed by atoms with Crippen molar-refractivity contribution >= 4 is 5.70 Å². The maximum absolute atomic E-state index is 13.0. The molecular weight excluding hydrogens is 243 g/mol. The predicted octanol–water partition coefficient (Wildman–Crippen LogP) is 2.80. The van der Waals surface area contributed by atoms with Gasteiger partial charge in [-0.1, -0.05) is 0 Å². The standard InChI is InChI=1S/C15H17FN2O/c1-11-9-18(10-12(2)19-11)15(7-8-17)13-3-5-14(16)6-4-13/h3-7,11-12H,9-10H2,1-2H3/b15-7+. The minimum absolute atomic E-state index is 0.117. The Balaban J connectivity index is 2.28. The fourth-order valence-corrected chi connectivity index (χ4v) is 2.41. The van der Waals surface area contributed by atoms with Crippen molar-refractivity contribution in [1.82, 2.24) is 4.90 Å². The van der Waals surface area contributed by atoms with Crippen molar-refractivity contribution < 1.29 is 9.13 Å². The summed E-state index contributed by atoms with van der Waals surface area (Å²) >= 11 is 0. The Hall–Kier alpha value is -1.86. The Bertz CT molecular complexity index is 494. The highest BCUT2D eigenvalue weighted by molar-refractivity contribution is 5.66. The highest BCUT2D eigenvalue weighted by atomic mass is 19.1. The monoisotopic (exact) mass is 260 g/mol. The van der Waals surface area contributed by atoms with Crippen LogP contribution in [0, 0.1) is 17.1 Å². The third kappa shape index (κ3) is 3.33. The Kier molecular flexibility index (Phi) is 4.18. The van der Waals surface area contributed by atoms with E-state index < -0.39 is 0 Å². The molecule has 1 aliphatic heterocycles. The van der Waals surface area contributed by atoms with Crippen LogP contribution in [0.5, 0.6) is 0 Å². The normalized spacial score (nSPS) is 24.1. The van der Waals surface area contributed by atoms with Crippen LogP contribution in [0.3, 0.4) is 0 Å². The molecule has 0 aromatic heterocycles. The molecule has 1 heterocycles. The van der Waals surface area contributed by atoms with Crippen molar-refractivity contribution in [2.45, 2.75) is 26.1 Å². The van der Waals surface area contributed by atoms with E-state index in [9.17, 15) is 4.39 Å². The van der Waals surface area contributed by atoms with E-state index in [1.165, 1.54) is 18.2 Å². The second kappa shape index (κ2) is 5.85. The summed E-state index contributed by atoms with van der Waals surface area (Å²) in [6.07, 6.45) is 1.75. The Morgan fingerprint density at radius 3 is 2.42 bits per heavy atom. The van der Waals surface area contributed by atoms with Crippen molar-refractivity contribution in [1.29, 1.82) is 5.26 Å². The average Bonchev–Trinajstić information content (AvgIpc) is 2.36. The van der Waals surface area contributed by atoms with E-state index in [1.54, 1.807) is 12.1 Å². The Morgan fingerprint density at radius 2 is 1.89 bits per heavy atom. The third-order valence-corrected chi connectivity index (χ3v) is 3.10. The summed E-state index contributed by atoms with van der Waals surface area (Å²) in [7, 11) is 0. The fraction of sp³-hybridized carbons (Fsp3) is 0.400. The van der Waals surface area contributed by atoms with Gasteiger partial charge in [-0.2, -0.15) is 5.26 Å². The van der Waals surface area contributed by atoms with Gasteiger partial charge in [0.2, 0.25) is 0 Å². The molecule has 0 bridgehead atoms. The van der Waals surface area contributed by atoms with Crippen molar-refractivity contribution in [3.8, 4) is 6.07 Å². The Morgan fingerprint density at radius 1 is 1.32 bits per heavy atom. The van der Waals surface area contributed by atoms with Crippen LogP contribution in [-0.2, 0) is 4.74 Å². The molecule has 0 N–H and O–H groups in total. The van der Waals surface area contributed by atoms with E-state index in [4.69, 9.17) is 10.00 Å². The van der Waals surface area contributed by atoms with Crippen LogP contribution in [0.1, 0.15) is 19.4 Å². The number of ether oxygens (including phenoxy) is 1. The first kappa shape index (κ1) is 13.6. The summed E-state index contributed by atoms with van der Waals surface area (Å²) in [5.74, 6) is -0.274. The smallest absolute Gasteiger partial charge is 0.123 e. The third-order valence-electron chi connectivity index (χ3n) is 3.10. The predicted molar refractivity (Wildman–Crippen MR) is 71.6 cm³/mol. The summed E-state index contributed by atoms with van der Waals surface area (Å²) in [6.45, 7) is 5.49. The summed E-state index contributed by atoms with van der Waals surface area (Å²) in [6, 6.07) is 8.29. The molecular formula is C15H17FN2O. The summed E-state index contributed by atoms with van der Waals surface area (Å²) < 4.78 is 18.7. The van der Waals surface area contributed by atoms with Crippen LogP contribution in [0.4, 0.5) is 4.39 Å². The van der Waals surface area contributed by atoms with E-state index in [1.807, 2.05) is 13.8 Å². The van der Waals surface area contributed by atoms with Gasteiger partial charge >= 0.3 is 0 Å². The lowest BCUT2D eigenvalue weighted by molar-refractivity contribution is -0.0508. The van der Waals surface area contributed by atoms with Crippen molar-refractivity contribution in [3.63, 3.8) is 0 Å². The van der Waals surface area contributed by atoms with E-state index in [2.05, 4.69) is 11.0 Å². The molecule has 1 aromatic rings. The van der Waals surface area contributed by atoms with Gasteiger partial charge in [-0.25, -0.2) is 4.39 Å². The maximum Gasteiger partial charge on any atom is 0.123 e. The van der Waals surface area contributed by atoms with Gasteiger partial charge in [0.25, 0.3) is 0 Å². The molecule has 2 rings (SSSR count). The average molecular weight is 260 g/mol. The van der Waals surface area contributed by atoms with Crippen molar-refractivity contribution in [2.75, 3.05) is 13.1 Å². The first-order chi connectivity index (χ1) is 9.10. The molecule has 0 spiro atoms. The van der Waals surface area contributed by atoms with Gasteiger partial charge in [0.05, 0.1) is 24.0 Å². The molecule has 4 heteroatoms. The molecule has 19 heavy (non-hydrogen) atoms. The van der Waals surface area contributed by atoms with Gasteiger partial charge in [-0.3, -0.25) is 0 Å². The number of halogens is 1. The Labute approximate surface area is 112 Å². The molecule has 0 amide bonds. The number of allylic oxidation sites excluding steroid dienone is 1. The van der Waals surface area contributed by atoms with Crippen LogP contribution < -0.4 is 0 Å². The largest absolute Gasteiger partial charge is 0.372 e. The lowest BCUT2D eigenvalue weighted by atomic mass is 10.1. The van der Waals surface area contributed by atoms with Crippen LogP contribution in [0.2, 0.25) is 0 Å². The van der Waals surface area contributed by atoms with Gasteiger partial charge in [0.15, 0.2) is 0 Å². The topological polar surface area (TPSA) is 36.3 Å². The highest BCUT2D eigenvalue weighted by Gasteiger charge is 2.24. The molecule has 0 saturated carbocycles. The quantitative estimate of drug-likeness (QED) is 0.767. The number of hydrogen-bond acceptors (Lipinski definition) is 3. The van der Waals surface area contributed by atoms with Gasteiger partial charge in [-0.05, 0) is 43.7 Å². The lowest BCUT2D eigenvalue weighted by Crippen LogP contribution is -2.44. The molecule has 2 unspecified atom stereocenters. The number of morpholine rings is 1. The van der Waals surface area contributed by atoms with Gasteiger partial charge in [0.1, 0.15) is 5.82 Å². The van der Waals surface area contributed by atoms with Crippen LogP contribution in [0.25, 0.3) is 5.70 Å². The minimum atomic E-state index is -0.274. The van der Waals surface area contributed by atoms with Gasteiger partial charge < -0.3 is 9.64 Å². The summed E-state index contributed by atoms with van der Waals surface area (Å²) in [4.78, 5) is 2.12. The first-order valence-electron chi connectivity index (χ1n) is 6.36. The molecule has 100 valence electrons. The number of hydrogen-bond donors (Lipinski definition) is 0. The highest BCUT2D eigenvalue weighted by Crippen LogP contribution is 2.24. The van der Waals surface area contributed by atoms with Crippen molar-refractivity contribution in [2.24, 2.45) is 0 Å². The molecule has 0 radical (unpaired) electrons. The lowest BCUT2D eigenvalue weighted by Gasteiger charge is -2.38. The van der Waals surface area contributed by atoms with Gasteiger partial charge in [-0.15, -0.1) is 0 Å². The second-order valence-electron chi connectivity index (χ2n) is 4.83. The van der Waals surface area contributed by atoms with E-state index >= 15 is 0 Å². The zero-order valence-electron chi connectivity index (χ0n) is 11.1. The van der Waals surface area contributed by atoms with Gasteiger partial charge in [0, 0.05) is 19.2 Å². The molecule has 1 fully saturated rings. The van der Waals surface area contributed by atoms with E-state index in [0.29, 0.717) is 0 Å². The number of benzene rings is 1. The second-order valence-corrected chi connectivity index (χ2v) is 4.83. The molecule has 3 nitrogen and oxygen atoms in total. The first-order valence-corrected chi connectivity index (χ1v) is 6.36. The fourth-order valence-electron chi connectivity index (χ4n) is 2.41. The van der Waals surface area contributed by atoms with Crippen LogP contribution >= 0.6 is 0 Å². The SMILES string of the molecule is CC1CN(/C(=C/C#N)c2ccc(F)cc2)CC(C)O1.